The van der Waals surface area contributed by atoms with Crippen molar-refractivity contribution in [2.75, 3.05) is 18.1 Å². The van der Waals surface area contributed by atoms with Crippen LogP contribution in [0.3, 0.4) is 0 Å². The first kappa shape index (κ1) is 16.1. The molecule has 0 spiro atoms. The predicted octanol–water partition coefficient (Wildman–Crippen LogP) is 2.97. The van der Waals surface area contributed by atoms with Crippen LogP contribution >= 0.6 is 23.4 Å². The summed E-state index contributed by atoms with van der Waals surface area (Å²) in [6, 6.07) is 10.7. The zero-order valence-electron chi connectivity index (χ0n) is 12.7. The lowest BCUT2D eigenvalue weighted by Crippen LogP contribution is -2.41. The molecule has 0 bridgehead atoms. The van der Waals surface area contributed by atoms with Crippen LogP contribution < -0.4 is 5.56 Å². The Kier molecular flexibility index (Phi) is 4.78. The molecule has 0 aliphatic carbocycles. The summed E-state index contributed by atoms with van der Waals surface area (Å²) >= 11 is 7.79. The Morgan fingerprint density at radius 3 is 2.70 bits per heavy atom. The quantitative estimate of drug-likeness (QED) is 0.838. The van der Waals surface area contributed by atoms with Gasteiger partial charge in [-0.25, -0.2) is 0 Å². The summed E-state index contributed by atoms with van der Waals surface area (Å²) in [4.78, 5) is 26.5. The maximum atomic E-state index is 12.9. The number of carbonyl (C=O) groups is 1. The second-order valence-corrected chi connectivity index (χ2v) is 7.09. The molecule has 1 amide bonds. The Hall–Kier alpha value is -1.72. The molecule has 6 heteroatoms. The minimum atomic E-state index is -0.176. The third kappa shape index (κ3) is 3.46. The number of aromatic nitrogens is 1. The van der Waals surface area contributed by atoms with Crippen molar-refractivity contribution in [3.8, 4) is 0 Å². The predicted molar refractivity (Wildman–Crippen MR) is 94.2 cm³/mol. The van der Waals surface area contributed by atoms with Crippen molar-refractivity contribution in [2.24, 2.45) is 7.05 Å². The molecule has 0 N–H and O–H groups in total. The second-order valence-electron chi connectivity index (χ2n) is 5.51. The minimum absolute atomic E-state index is 0.00238. The SMILES string of the molecule is Cn1ccc(C(=O)N2CCSC[C@@H]2c2ccc(Cl)cc2)cc1=O. The minimum Gasteiger partial charge on any atom is -0.330 e. The Labute approximate surface area is 144 Å². The van der Waals surface area contributed by atoms with Crippen molar-refractivity contribution in [2.45, 2.75) is 6.04 Å². The number of carbonyl (C=O) groups excluding carboxylic acids is 1. The van der Waals surface area contributed by atoms with E-state index in [9.17, 15) is 9.59 Å². The smallest absolute Gasteiger partial charge is 0.254 e. The fraction of sp³-hybridized carbons (Fsp3) is 0.294. The highest BCUT2D eigenvalue weighted by molar-refractivity contribution is 7.99. The molecule has 3 rings (SSSR count). The molecule has 0 radical (unpaired) electrons. The van der Waals surface area contributed by atoms with Gasteiger partial charge in [-0.05, 0) is 23.8 Å². The van der Waals surface area contributed by atoms with Crippen LogP contribution in [0.5, 0.6) is 0 Å². The van der Waals surface area contributed by atoms with Crippen LogP contribution in [0.15, 0.2) is 47.4 Å². The number of thioether (sulfide) groups is 1. The number of aryl methyl sites for hydroxylation is 1. The van der Waals surface area contributed by atoms with Gasteiger partial charge in [-0.2, -0.15) is 11.8 Å². The number of amides is 1. The third-order valence-corrected chi connectivity index (χ3v) is 5.27. The Balaban J connectivity index is 1.91. The average molecular weight is 349 g/mol. The number of nitrogens with zero attached hydrogens (tertiary/aromatic N) is 2. The van der Waals surface area contributed by atoms with Crippen LogP contribution in [0.25, 0.3) is 0 Å². The van der Waals surface area contributed by atoms with Crippen LogP contribution in [-0.2, 0) is 7.05 Å². The first-order chi connectivity index (χ1) is 11.1. The lowest BCUT2D eigenvalue weighted by atomic mass is 10.1. The van der Waals surface area contributed by atoms with Crippen LogP contribution in [0.4, 0.5) is 0 Å². The fourth-order valence-corrected chi connectivity index (χ4v) is 3.87. The molecule has 1 aliphatic heterocycles. The zero-order chi connectivity index (χ0) is 16.4. The molecule has 1 aromatic carbocycles. The summed E-state index contributed by atoms with van der Waals surface area (Å²) in [5, 5.41) is 0.682. The molecule has 0 saturated carbocycles. The van der Waals surface area contributed by atoms with E-state index in [2.05, 4.69) is 0 Å². The fourth-order valence-electron chi connectivity index (χ4n) is 2.66. The average Bonchev–Trinajstić information content (AvgIpc) is 2.57. The molecule has 0 unspecified atom stereocenters. The summed E-state index contributed by atoms with van der Waals surface area (Å²) in [7, 11) is 1.67. The normalized spacial score (nSPS) is 18.0. The molecule has 1 aliphatic rings. The molecule has 1 aromatic heterocycles. The topological polar surface area (TPSA) is 42.3 Å². The van der Waals surface area contributed by atoms with Crippen LogP contribution in [0.1, 0.15) is 22.0 Å². The van der Waals surface area contributed by atoms with E-state index in [1.807, 2.05) is 40.9 Å². The third-order valence-electron chi connectivity index (χ3n) is 4.00. The van der Waals surface area contributed by atoms with Crippen molar-refractivity contribution in [1.29, 1.82) is 0 Å². The molecule has 1 atom stereocenters. The van der Waals surface area contributed by atoms with Gasteiger partial charge >= 0.3 is 0 Å². The molecular weight excluding hydrogens is 332 g/mol. The van der Waals surface area contributed by atoms with E-state index in [1.54, 1.807) is 19.3 Å². The first-order valence-corrected chi connectivity index (χ1v) is 8.90. The van der Waals surface area contributed by atoms with Crippen molar-refractivity contribution in [3.05, 3.63) is 69.1 Å². The van der Waals surface area contributed by atoms with E-state index in [4.69, 9.17) is 11.6 Å². The van der Waals surface area contributed by atoms with Gasteiger partial charge in [0.15, 0.2) is 0 Å². The van der Waals surface area contributed by atoms with E-state index in [0.29, 0.717) is 17.1 Å². The first-order valence-electron chi connectivity index (χ1n) is 7.37. The van der Waals surface area contributed by atoms with Gasteiger partial charge < -0.3 is 9.47 Å². The van der Waals surface area contributed by atoms with Gasteiger partial charge in [0.25, 0.3) is 11.5 Å². The van der Waals surface area contributed by atoms with Gasteiger partial charge in [-0.15, -0.1) is 0 Å². The molecular formula is C17H17ClN2O2S. The van der Waals surface area contributed by atoms with Gasteiger partial charge in [0.05, 0.1) is 6.04 Å². The number of pyridine rings is 1. The van der Waals surface area contributed by atoms with E-state index in [-0.39, 0.29) is 17.5 Å². The number of hydrogen-bond acceptors (Lipinski definition) is 3. The second kappa shape index (κ2) is 6.81. The lowest BCUT2D eigenvalue weighted by molar-refractivity contribution is 0.0701. The van der Waals surface area contributed by atoms with Crippen molar-refractivity contribution >= 4 is 29.3 Å². The van der Waals surface area contributed by atoms with Gasteiger partial charge in [-0.3, -0.25) is 9.59 Å². The molecule has 2 aromatic rings. The highest BCUT2D eigenvalue weighted by Gasteiger charge is 2.29. The van der Waals surface area contributed by atoms with Crippen LogP contribution in [0, 0.1) is 0 Å². The molecule has 120 valence electrons. The van der Waals surface area contributed by atoms with Crippen molar-refractivity contribution < 1.29 is 4.79 Å². The van der Waals surface area contributed by atoms with Gasteiger partial charge in [-0.1, -0.05) is 23.7 Å². The zero-order valence-corrected chi connectivity index (χ0v) is 14.3. The van der Waals surface area contributed by atoms with Gasteiger partial charge in [0.2, 0.25) is 0 Å². The standard InChI is InChI=1S/C17H17ClN2O2S/c1-19-7-6-13(10-16(19)21)17(22)20-8-9-23-11-15(20)12-2-4-14(18)5-3-12/h2-7,10,15H,8-9,11H2,1H3/t15-/m1/s1. The van der Waals surface area contributed by atoms with Gasteiger partial charge in [0, 0.05) is 47.9 Å². The van der Waals surface area contributed by atoms with Crippen molar-refractivity contribution in [1.82, 2.24) is 9.47 Å². The summed E-state index contributed by atoms with van der Waals surface area (Å²) in [5.74, 6) is 1.65. The number of rotatable bonds is 2. The van der Waals surface area contributed by atoms with E-state index >= 15 is 0 Å². The summed E-state index contributed by atoms with van der Waals surface area (Å²) in [5.41, 5.74) is 1.34. The Morgan fingerprint density at radius 1 is 1.26 bits per heavy atom. The van der Waals surface area contributed by atoms with Crippen molar-refractivity contribution in [3.63, 3.8) is 0 Å². The maximum Gasteiger partial charge on any atom is 0.254 e. The maximum absolute atomic E-state index is 12.9. The number of halogens is 1. The van der Waals surface area contributed by atoms with Crippen LogP contribution in [-0.4, -0.2) is 33.4 Å². The monoisotopic (exact) mass is 348 g/mol. The summed E-state index contributed by atoms with van der Waals surface area (Å²) in [6.45, 7) is 0.673. The molecule has 1 fully saturated rings. The summed E-state index contributed by atoms with van der Waals surface area (Å²) < 4.78 is 1.46. The number of benzene rings is 1. The van der Waals surface area contributed by atoms with Crippen LogP contribution in [0.2, 0.25) is 5.02 Å². The highest BCUT2D eigenvalue weighted by atomic mass is 35.5. The van der Waals surface area contributed by atoms with E-state index in [0.717, 1.165) is 17.1 Å². The molecule has 1 saturated heterocycles. The molecule has 4 nitrogen and oxygen atoms in total. The summed E-state index contributed by atoms with van der Waals surface area (Å²) in [6.07, 6.45) is 1.63. The Morgan fingerprint density at radius 2 is 2.00 bits per heavy atom. The highest BCUT2D eigenvalue weighted by Crippen LogP contribution is 2.31. The molecule has 2 heterocycles. The van der Waals surface area contributed by atoms with Gasteiger partial charge in [0.1, 0.15) is 0 Å². The van der Waals surface area contributed by atoms with E-state index in [1.165, 1.54) is 10.6 Å². The Bertz CT molecular complexity index is 773. The molecule has 23 heavy (non-hydrogen) atoms. The number of hydrogen-bond donors (Lipinski definition) is 0. The lowest BCUT2D eigenvalue weighted by Gasteiger charge is -2.36. The largest absolute Gasteiger partial charge is 0.330 e. The van der Waals surface area contributed by atoms with E-state index < -0.39 is 0 Å².